The standard InChI is InChI=1S/C22H49P.C8H16O2/c1-5-9-13-14-15-16-17-18-22-23(19-10-6-2,20-11-7-3)21-12-8-4;1-3-5-6-7(4-2)8(9)10/h23H,5-22H2,1-4H3;7H,3-6H2,1-2H3,(H,9,10). The molecule has 1 N–H and O–H groups in total. The molecule has 0 rings (SSSR count). The summed E-state index contributed by atoms with van der Waals surface area (Å²) in [7, 11) is -0.940. The SMILES string of the molecule is CCCCC(CC)C(=O)O.CCCCCCCCCC[PH](CCCC)(CCCC)CCCC. The zero-order valence-electron chi connectivity index (χ0n) is 24.0. The van der Waals surface area contributed by atoms with Crippen LogP contribution in [0.1, 0.15) is 157 Å². The molecule has 1 unspecified atom stereocenters. The minimum absolute atomic E-state index is 0.111. The third-order valence-corrected chi connectivity index (χ3v) is 13.1. The van der Waals surface area contributed by atoms with Gasteiger partial charge < -0.3 is 5.11 Å². The third-order valence-electron chi connectivity index (χ3n) is 7.49. The van der Waals surface area contributed by atoms with Crippen molar-refractivity contribution < 1.29 is 9.90 Å². The number of hydrogen-bond donors (Lipinski definition) is 1. The molecule has 0 radical (unpaired) electrons. The van der Waals surface area contributed by atoms with Gasteiger partial charge >= 0.3 is 155 Å². The Hall–Kier alpha value is -0.100. The average Bonchev–Trinajstić information content (AvgIpc) is 2.82. The van der Waals surface area contributed by atoms with Gasteiger partial charge in [0.05, 0.1) is 5.92 Å². The Morgan fingerprint density at radius 2 is 0.909 bits per heavy atom. The number of rotatable bonds is 23. The first-order valence-corrected chi connectivity index (χ1v) is 18.0. The molecule has 0 heterocycles. The van der Waals surface area contributed by atoms with Gasteiger partial charge in [-0.1, -0.05) is 26.7 Å². The molecule has 0 aromatic carbocycles. The quantitative estimate of drug-likeness (QED) is 0.115. The van der Waals surface area contributed by atoms with E-state index in [9.17, 15) is 4.79 Å². The Morgan fingerprint density at radius 1 is 0.545 bits per heavy atom. The van der Waals surface area contributed by atoms with Crippen molar-refractivity contribution in [1.29, 1.82) is 0 Å². The molecule has 0 saturated heterocycles. The van der Waals surface area contributed by atoms with E-state index >= 15 is 0 Å². The van der Waals surface area contributed by atoms with Gasteiger partial charge in [-0.2, -0.15) is 0 Å². The fraction of sp³-hybridized carbons (Fsp3) is 0.967. The molecule has 0 aliphatic heterocycles. The second-order valence-corrected chi connectivity index (χ2v) is 15.6. The normalized spacial score (nSPS) is 12.8. The van der Waals surface area contributed by atoms with Crippen molar-refractivity contribution in [3.63, 3.8) is 0 Å². The van der Waals surface area contributed by atoms with Gasteiger partial charge in [-0.15, -0.1) is 0 Å². The molecule has 0 amide bonds. The summed E-state index contributed by atoms with van der Waals surface area (Å²) in [6.07, 6.45) is 30.9. The van der Waals surface area contributed by atoms with E-state index in [1.165, 1.54) is 83.5 Å². The monoisotopic (exact) mass is 488 g/mol. The van der Waals surface area contributed by atoms with E-state index in [0.29, 0.717) is 0 Å². The maximum absolute atomic E-state index is 10.4. The first kappa shape index (κ1) is 35.1. The molecular weight excluding hydrogens is 423 g/mol. The van der Waals surface area contributed by atoms with E-state index in [1.54, 1.807) is 31.1 Å². The number of hydrogen-bond acceptors (Lipinski definition) is 1. The fourth-order valence-corrected chi connectivity index (χ4v) is 10.8. The van der Waals surface area contributed by atoms with Gasteiger partial charge in [0.15, 0.2) is 0 Å². The number of carboxylic acid groups (broad SMARTS) is 1. The third kappa shape index (κ3) is 22.1. The predicted molar refractivity (Wildman–Crippen MR) is 156 cm³/mol. The maximum atomic E-state index is 10.4. The second-order valence-electron chi connectivity index (χ2n) is 10.6. The zero-order valence-corrected chi connectivity index (χ0v) is 25.0. The summed E-state index contributed by atoms with van der Waals surface area (Å²) in [5.74, 6) is -0.754. The van der Waals surface area contributed by atoms with Crippen LogP contribution >= 0.6 is 7.26 Å². The van der Waals surface area contributed by atoms with Gasteiger partial charge in [-0.05, 0) is 12.8 Å². The van der Waals surface area contributed by atoms with Gasteiger partial charge in [0, 0.05) is 0 Å². The van der Waals surface area contributed by atoms with E-state index in [0.717, 1.165) is 25.7 Å². The predicted octanol–water partition coefficient (Wildman–Crippen LogP) is 10.6. The summed E-state index contributed by atoms with van der Waals surface area (Å²) in [5.41, 5.74) is 0. The molecule has 0 aromatic rings. The van der Waals surface area contributed by atoms with Crippen LogP contribution in [0, 0.1) is 5.92 Å². The molecule has 0 aliphatic rings. The van der Waals surface area contributed by atoms with Crippen molar-refractivity contribution in [2.75, 3.05) is 24.6 Å². The first-order valence-electron chi connectivity index (χ1n) is 15.2. The summed E-state index contributed by atoms with van der Waals surface area (Å²) >= 11 is 0. The molecule has 0 fully saturated rings. The van der Waals surface area contributed by atoms with Crippen LogP contribution in [-0.4, -0.2) is 35.7 Å². The summed E-state index contributed by atoms with van der Waals surface area (Å²) in [4.78, 5) is 10.4. The van der Waals surface area contributed by atoms with Crippen LogP contribution in [0.5, 0.6) is 0 Å². The summed E-state index contributed by atoms with van der Waals surface area (Å²) in [6, 6.07) is 0. The molecule has 0 saturated carbocycles. The Labute approximate surface area is 210 Å². The number of carbonyl (C=O) groups is 1. The minimum atomic E-state index is -0.940. The van der Waals surface area contributed by atoms with Gasteiger partial charge in [-0.25, -0.2) is 0 Å². The number of carboxylic acids is 1. The Kier molecular flexibility index (Phi) is 28.2. The molecule has 0 spiro atoms. The first-order chi connectivity index (χ1) is 16.0. The molecule has 2 nitrogen and oxygen atoms in total. The van der Waals surface area contributed by atoms with Gasteiger partial charge in [0.1, 0.15) is 0 Å². The van der Waals surface area contributed by atoms with Gasteiger partial charge in [0.25, 0.3) is 0 Å². The van der Waals surface area contributed by atoms with E-state index < -0.39 is 13.2 Å². The van der Waals surface area contributed by atoms with Crippen LogP contribution in [0.2, 0.25) is 0 Å². The molecule has 0 bridgehead atoms. The molecular formula is C30H65O2P. The summed E-state index contributed by atoms with van der Waals surface area (Å²) in [5, 5.41) is 8.60. The average molecular weight is 489 g/mol. The van der Waals surface area contributed by atoms with E-state index in [4.69, 9.17) is 5.11 Å². The van der Waals surface area contributed by atoms with Crippen molar-refractivity contribution in [2.24, 2.45) is 5.92 Å². The molecule has 0 aromatic heterocycles. The van der Waals surface area contributed by atoms with Crippen LogP contribution in [0.25, 0.3) is 0 Å². The van der Waals surface area contributed by atoms with E-state index in [1.807, 2.05) is 6.92 Å². The van der Waals surface area contributed by atoms with Crippen molar-refractivity contribution in [2.45, 2.75) is 157 Å². The van der Waals surface area contributed by atoms with Gasteiger partial charge in [-0.3, -0.25) is 4.79 Å². The van der Waals surface area contributed by atoms with Crippen LogP contribution in [0.3, 0.4) is 0 Å². The second kappa shape index (κ2) is 26.5. The van der Waals surface area contributed by atoms with Crippen molar-refractivity contribution in [3.8, 4) is 0 Å². The van der Waals surface area contributed by atoms with Crippen molar-refractivity contribution in [3.05, 3.63) is 0 Å². The van der Waals surface area contributed by atoms with Gasteiger partial charge in [0.2, 0.25) is 0 Å². The Bertz CT molecular complexity index is 375. The van der Waals surface area contributed by atoms with Crippen molar-refractivity contribution in [1.82, 2.24) is 0 Å². The molecule has 33 heavy (non-hydrogen) atoms. The topological polar surface area (TPSA) is 37.3 Å². The van der Waals surface area contributed by atoms with Crippen LogP contribution in [-0.2, 0) is 4.79 Å². The summed E-state index contributed by atoms with van der Waals surface area (Å²) < 4.78 is 0. The number of unbranched alkanes of at least 4 members (excludes halogenated alkanes) is 11. The molecule has 1 atom stereocenters. The van der Waals surface area contributed by atoms with Crippen LogP contribution in [0.15, 0.2) is 0 Å². The van der Waals surface area contributed by atoms with Crippen LogP contribution < -0.4 is 0 Å². The van der Waals surface area contributed by atoms with Crippen LogP contribution in [0.4, 0.5) is 0 Å². The zero-order chi connectivity index (χ0) is 25.2. The fourth-order valence-electron chi connectivity index (χ4n) is 4.99. The summed E-state index contributed by atoms with van der Waals surface area (Å²) in [6.45, 7) is 13.5. The molecule has 0 aliphatic carbocycles. The molecule has 202 valence electrons. The van der Waals surface area contributed by atoms with E-state index in [-0.39, 0.29) is 5.92 Å². The van der Waals surface area contributed by atoms with E-state index in [2.05, 4.69) is 34.6 Å². The Balaban J connectivity index is 0. The molecule has 3 heteroatoms. The Morgan fingerprint density at radius 3 is 1.27 bits per heavy atom. The number of aliphatic carboxylic acids is 1. The van der Waals surface area contributed by atoms with Crippen molar-refractivity contribution >= 4 is 13.2 Å².